The first-order valence-electron chi connectivity index (χ1n) is 3.30. The average molecular weight is 440 g/mol. The Bertz CT molecular complexity index is 77.5. The molecule has 0 heterocycles. The molecule has 0 atom stereocenters. The Morgan fingerprint density at radius 3 is 2.00 bits per heavy atom. The van der Waals surface area contributed by atoms with Gasteiger partial charge >= 0.3 is 50.9 Å². The Kier molecular flexibility index (Phi) is 19.7. The van der Waals surface area contributed by atoms with E-state index in [1.54, 1.807) is 0 Å². The minimum absolute atomic E-state index is 0.732. The Balaban J connectivity index is 0. The molecular weight excluding hydrogens is 427 g/mol. The molecule has 0 unspecified atom stereocenters. The third-order valence-electron chi connectivity index (χ3n) is 0.952. The number of unbranched alkanes of at least 4 members (excludes halogenated alkanes) is 3. The molecule has 0 saturated carbocycles. The zero-order chi connectivity index (χ0) is 9.11. The van der Waals surface area contributed by atoms with Crippen LogP contribution in [0.4, 0.5) is 0 Å². The van der Waals surface area contributed by atoms with Crippen LogP contribution >= 0.6 is 40.9 Å². The van der Waals surface area contributed by atoms with E-state index in [0.29, 0.717) is 0 Å². The molecule has 1 N–H and O–H groups in total. The van der Waals surface area contributed by atoms with E-state index in [9.17, 15) is 0 Å². The summed E-state index contributed by atoms with van der Waals surface area (Å²) in [5, 5.41) is 6.66. The van der Waals surface area contributed by atoms with Crippen LogP contribution in [0.3, 0.4) is 0 Å². The minimum atomic E-state index is -0.732. The Hall–Kier alpha value is 1.73. The molecule has 0 saturated heterocycles. The molecule has 0 aromatic rings. The summed E-state index contributed by atoms with van der Waals surface area (Å²) < 4.78 is 0. The van der Waals surface area contributed by atoms with Crippen LogP contribution in [-0.2, 0) is 10.1 Å². The van der Waals surface area contributed by atoms with E-state index < -0.39 is 10.1 Å². The molecule has 0 spiro atoms. The molecule has 5 heteroatoms. The summed E-state index contributed by atoms with van der Waals surface area (Å²) in [7, 11) is -0.732. The molecule has 0 amide bonds. The Labute approximate surface area is 94.2 Å². The van der Waals surface area contributed by atoms with Crippen LogP contribution < -0.4 is 0 Å². The monoisotopic (exact) mass is 438 g/mol. The molecule has 0 aliphatic rings. The van der Waals surface area contributed by atoms with Gasteiger partial charge in [-0.05, 0) is 19.1 Å². The van der Waals surface area contributed by atoms with Gasteiger partial charge in [0.15, 0.2) is 0 Å². The van der Waals surface area contributed by atoms with Crippen molar-refractivity contribution in [3.8, 4) is 0 Å². The van der Waals surface area contributed by atoms with Crippen molar-refractivity contribution in [3.63, 3.8) is 0 Å². The van der Waals surface area contributed by atoms with Gasteiger partial charge < -0.3 is 5.41 Å². The molecule has 0 fully saturated rings. The molecule has 0 aliphatic heterocycles. The second kappa shape index (κ2) is 14.3. The third-order valence-corrected chi connectivity index (χ3v) is 0.952. The molecule has 1 nitrogen and oxygen atoms in total. The predicted molar refractivity (Wildman–Crippen MR) is 59.7 cm³/mol. The van der Waals surface area contributed by atoms with E-state index in [1.165, 1.54) is 25.5 Å². The van der Waals surface area contributed by atoms with Crippen LogP contribution in [0.5, 0.6) is 0 Å². The number of hydrogen-bond acceptors (Lipinski definition) is 1. The summed E-state index contributed by atoms with van der Waals surface area (Å²) in [6, 6.07) is 0. The normalized spacial score (nSPS) is 9.64. The van der Waals surface area contributed by atoms with Gasteiger partial charge in [0.25, 0.3) is 0 Å². The van der Waals surface area contributed by atoms with Crippen LogP contribution in [-0.4, -0.2) is 6.21 Å². The van der Waals surface area contributed by atoms with E-state index in [-0.39, 0.29) is 0 Å². The van der Waals surface area contributed by atoms with Crippen molar-refractivity contribution >= 4 is 47.1 Å². The topological polar surface area (TPSA) is 23.9 Å². The number of hydrogen-bond donors (Lipinski definition) is 1. The molecule has 11 heavy (non-hydrogen) atoms. The molecule has 0 aromatic heterocycles. The van der Waals surface area contributed by atoms with Crippen LogP contribution in [0.15, 0.2) is 0 Å². The van der Waals surface area contributed by atoms with Crippen molar-refractivity contribution in [1.29, 1.82) is 5.41 Å². The van der Waals surface area contributed by atoms with Gasteiger partial charge in [-0.1, -0.05) is 19.8 Å². The van der Waals surface area contributed by atoms with Gasteiger partial charge in [-0.25, -0.2) is 0 Å². The van der Waals surface area contributed by atoms with Gasteiger partial charge in [0.2, 0.25) is 0 Å². The summed E-state index contributed by atoms with van der Waals surface area (Å²) in [4.78, 5) is 0. The Morgan fingerprint density at radius 1 is 1.27 bits per heavy atom. The predicted octanol–water partition coefficient (Wildman–Crippen LogP) is 4.75. The van der Waals surface area contributed by atoms with Crippen molar-refractivity contribution < 1.29 is 10.1 Å². The second-order valence-corrected chi connectivity index (χ2v) is 25.9. The second-order valence-electron chi connectivity index (χ2n) is 1.85. The fourth-order valence-electron chi connectivity index (χ4n) is 0.496. The zero-order valence-corrected chi connectivity index (χ0v) is 12.9. The summed E-state index contributed by atoms with van der Waals surface area (Å²) in [6.07, 6.45) is 6.17. The van der Waals surface area contributed by atoms with Gasteiger partial charge in [0, 0.05) is 0 Å². The maximum atomic E-state index is 6.66. The van der Waals surface area contributed by atoms with Gasteiger partial charge in [-0.15, -0.1) is 0 Å². The number of halogens is 3. The molecule has 0 bridgehead atoms. The average Bonchev–Trinajstić information content (AvgIpc) is 1.88. The number of nitrogens with one attached hydrogen (secondary N) is 1. The van der Waals surface area contributed by atoms with Gasteiger partial charge in [0.1, 0.15) is 0 Å². The van der Waals surface area contributed by atoms with Gasteiger partial charge in [0.05, 0.1) is 0 Å². The molecule has 0 radical (unpaired) electrons. The molecule has 0 aliphatic carbocycles. The zero-order valence-electron chi connectivity index (χ0n) is 6.39. The molecule has 0 aromatic carbocycles. The van der Waals surface area contributed by atoms with Crippen LogP contribution in [0.25, 0.3) is 0 Å². The first-order valence-corrected chi connectivity index (χ1v) is 15.2. The van der Waals surface area contributed by atoms with E-state index in [0.717, 1.165) is 6.42 Å². The van der Waals surface area contributed by atoms with Crippen molar-refractivity contribution in [2.24, 2.45) is 0 Å². The third kappa shape index (κ3) is 33.8. The Morgan fingerprint density at radius 2 is 1.73 bits per heavy atom. The van der Waals surface area contributed by atoms with Crippen LogP contribution in [0, 0.1) is 5.41 Å². The summed E-state index contributed by atoms with van der Waals surface area (Å²) in [5.74, 6) is 0. The van der Waals surface area contributed by atoms with E-state index in [2.05, 4.69) is 47.8 Å². The van der Waals surface area contributed by atoms with Gasteiger partial charge in [-0.2, -0.15) is 0 Å². The van der Waals surface area contributed by atoms with E-state index in [1.807, 2.05) is 0 Å². The standard InChI is InChI=1S/C6H13N.3BrH.Ru/c1-2-3-4-5-6-7;;;;/h6-7H,2-5H2,1H3;3*1H;/q;;;;+3/p-3. The van der Waals surface area contributed by atoms with Crippen molar-refractivity contribution in [1.82, 2.24) is 0 Å². The maximum absolute atomic E-state index is 6.66. The van der Waals surface area contributed by atoms with Crippen LogP contribution in [0.2, 0.25) is 0 Å². The first kappa shape index (κ1) is 15.2. The SMILES string of the molecule is CCCCCC=N.[Br][Ru]([Br])[Br]. The fraction of sp³-hybridized carbons (Fsp3) is 0.833. The van der Waals surface area contributed by atoms with Crippen molar-refractivity contribution in [3.05, 3.63) is 0 Å². The van der Waals surface area contributed by atoms with Crippen LogP contribution in [0.1, 0.15) is 32.6 Å². The number of rotatable bonds is 4. The summed E-state index contributed by atoms with van der Waals surface area (Å²) >= 11 is 9.74. The van der Waals surface area contributed by atoms with Crippen molar-refractivity contribution in [2.75, 3.05) is 0 Å². The quantitative estimate of drug-likeness (QED) is 0.371. The molecule has 71 valence electrons. The van der Waals surface area contributed by atoms with E-state index >= 15 is 0 Å². The molecule has 0 rings (SSSR count). The summed E-state index contributed by atoms with van der Waals surface area (Å²) in [5.41, 5.74) is 0. The van der Waals surface area contributed by atoms with E-state index in [4.69, 9.17) is 5.41 Å². The summed E-state index contributed by atoms with van der Waals surface area (Å²) in [6.45, 7) is 2.17. The first-order chi connectivity index (χ1) is 5.15. The van der Waals surface area contributed by atoms with Crippen molar-refractivity contribution in [2.45, 2.75) is 32.6 Å². The fourth-order valence-corrected chi connectivity index (χ4v) is 0.496. The van der Waals surface area contributed by atoms with Gasteiger partial charge in [-0.3, -0.25) is 0 Å². The molecular formula is C6H13Br3NRu.